The standard InChI is InChI=1S/C17H16N4O3/c1-20-15-14(13(8-9-18-15)10-19-24-2)16(22)21(17(20)23)11-12-6-4-3-5-7-12/h3-10H,11H2,1-2H3/b19-10-. The fourth-order valence-corrected chi connectivity index (χ4v) is 2.55. The van der Waals surface area contributed by atoms with Crippen LogP contribution in [0.3, 0.4) is 0 Å². The van der Waals surface area contributed by atoms with E-state index >= 15 is 0 Å². The molecule has 24 heavy (non-hydrogen) atoms. The summed E-state index contributed by atoms with van der Waals surface area (Å²) in [4.78, 5) is 34.3. The summed E-state index contributed by atoms with van der Waals surface area (Å²) in [5.74, 6) is 0. The van der Waals surface area contributed by atoms with Gasteiger partial charge in [-0.2, -0.15) is 0 Å². The Morgan fingerprint density at radius 1 is 1.21 bits per heavy atom. The maximum Gasteiger partial charge on any atom is 0.332 e. The van der Waals surface area contributed by atoms with Gasteiger partial charge in [0.15, 0.2) is 0 Å². The molecule has 3 aromatic rings. The van der Waals surface area contributed by atoms with Crippen molar-refractivity contribution in [1.82, 2.24) is 14.1 Å². The van der Waals surface area contributed by atoms with Gasteiger partial charge in [-0.1, -0.05) is 35.5 Å². The van der Waals surface area contributed by atoms with Crippen LogP contribution in [0.25, 0.3) is 11.0 Å². The zero-order valence-corrected chi connectivity index (χ0v) is 13.3. The van der Waals surface area contributed by atoms with E-state index < -0.39 is 11.2 Å². The lowest BCUT2D eigenvalue weighted by Crippen LogP contribution is -2.40. The molecule has 0 aliphatic carbocycles. The third-order valence-corrected chi connectivity index (χ3v) is 3.74. The Morgan fingerprint density at radius 3 is 2.67 bits per heavy atom. The lowest BCUT2D eigenvalue weighted by atomic mass is 10.2. The lowest BCUT2D eigenvalue weighted by Gasteiger charge is -2.11. The number of hydrogen-bond acceptors (Lipinski definition) is 5. The first-order valence-corrected chi connectivity index (χ1v) is 7.32. The molecule has 0 bridgehead atoms. The van der Waals surface area contributed by atoms with Crippen molar-refractivity contribution in [3.05, 3.63) is 74.6 Å². The van der Waals surface area contributed by atoms with E-state index in [-0.39, 0.29) is 6.54 Å². The summed E-state index contributed by atoms with van der Waals surface area (Å²) in [5, 5.41) is 4.04. The van der Waals surface area contributed by atoms with Crippen LogP contribution >= 0.6 is 0 Å². The molecule has 0 saturated carbocycles. The number of aromatic nitrogens is 3. The maximum absolute atomic E-state index is 12.9. The van der Waals surface area contributed by atoms with Gasteiger partial charge in [-0.15, -0.1) is 0 Å². The summed E-state index contributed by atoms with van der Waals surface area (Å²) in [5.41, 5.74) is 0.915. The van der Waals surface area contributed by atoms with Crippen LogP contribution in [-0.2, 0) is 18.4 Å². The van der Waals surface area contributed by atoms with E-state index in [2.05, 4.69) is 15.0 Å². The quantitative estimate of drug-likeness (QED) is 0.532. The monoisotopic (exact) mass is 324 g/mol. The normalized spacial score (nSPS) is 11.2. The Kier molecular flexibility index (Phi) is 4.24. The second kappa shape index (κ2) is 6.49. The fourth-order valence-electron chi connectivity index (χ4n) is 2.55. The average molecular weight is 324 g/mol. The van der Waals surface area contributed by atoms with Crippen molar-refractivity contribution in [2.24, 2.45) is 12.2 Å². The van der Waals surface area contributed by atoms with Gasteiger partial charge in [-0.05, 0) is 11.6 Å². The molecule has 0 fully saturated rings. The van der Waals surface area contributed by atoms with Gasteiger partial charge in [0.1, 0.15) is 12.8 Å². The van der Waals surface area contributed by atoms with Crippen LogP contribution in [0.4, 0.5) is 0 Å². The Morgan fingerprint density at radius 2 is 1.96 bits per heavy atom. The molecule has 2 heterocycles. The molecular weight excluding hydrogens is 308 g/mol. The van der Waals surface area contributed by atoms with Crippen molar-refractivity contribution in [3.63, 3.8) is 0 Å². The highest BCUT2D eigenvalue weighted by molar-refractivity contribution is 5.96. The van der Waals surface area contributed by atoms with E-state index in [0.29, 0.717) is 16.6 Å². The van der Waals surface area contributed by atoms with Gasteiger partial charge >= 0.3 is 5.69 Å². The van der Waals surface area contributed by atoms with Crippen LogP contribution in [0.5, 0.6) is 0 Å². The topological polar surface area (TPSA) is 78.5 Å². The van der Waals surface area contributed by atoms with Crippen molar-refractivity contribution in [2.75, 3.05) is 7.11 Å². The van der Waals surface area contributed by atoms with Gasteiger partial charge in [0.25, 0.3) is 5.56 Å². The van der Waals surface area contributed by atoms with Crippen LogP contribution in [0, 0.1) is 0 Å². The Hall–Kier alpha value is -3.22. The lowest BCUT2D eigenvalue weighted by molar-refractivity contribution is 0.215. The molecule has 3 rings (SSSR count). The largest absolute Gasteiger partial charge is 0.399 e. The van der Waals surface area contributed by atoms with Crippen LogP contribution in [0.2, 0.25) is 0 Å². The number of fused-ring (bicyclic) bond motifs is 1. The second-order valence-electron chi connectivity index (χ2n) is 5.23. The first-order valence-electron chi connectivity index (χ1n) is 7.32. The maximum atomic E-state index is 12.9. The Balaban J connectivity index is 2.29. The molecule has 1 aromatic carbocycles. The number of aryl methyl sites for hydroxylation is 1. The Bertz CT molecular complexity index is 1020. The molecule has 0 spiro atoms. The number of nitrogens with zero attached hydrogens (tertiary/aromatic N) is 4. The molecule has 0 aliphatic heterocycles. The predicted molar refractivity (Wildman–Crippen MR) is 91.4 cm³/mol. The summed E-state index contributed by atoms with van der Waals surface area (Å²) < 4.78 is 2.56. The van der Waals surface area contributed by atoms with E-state index in [0.717, 1.165) is 5.56 Å². The van der Waals surface area contributed by atoms with Gasteiger partial charge in [-0.25, -0.2) is 9.78 Å². The molecule has 7 heteroatoms. The highest BCUT2D eigenvalue weighted by Gasteiger charge is 2.14. The number of rotatable bonds is 4. The van der Waals surface area contributed by atoms with Gasteiger partial charge in [0.2, 0.25) is 0 Å². The van der Waals surface area contributed by atoms with Crippen LogP contribution in [0.15, 0.2) is 57.3 Å². The summed E-state index contributed by atoms with van der Waals surface area (Å²) in [6.07, 6.45) is 2.96. The molecule has 2 aromatic heterocycles. The van der Waals surface area contributed by atoms with E-state index in [1.54, 1.807) is 13.1 Å². The van der Waals surface area contributed by atoms with Crippen molar-refractivity contribution in [1.29, 1.82) is 0 Å². The first kappa shape index (κ1) is 15.7. The van der Waals surface area contributed by atoms with E-state index in [1.807, 2.05) is 30.3 Å². The SMILES string of the molecule is CO/N=C\c1ccnc2c1c(=O)n(Cc1ccccc1)c(=O)n2C. The number of oxime groups is 1. The minimum Gasteiger partial charge on any atom is -0.399 e. The fraction of sp³-hybridized carbons (Fsp3) is 0.176. The van der Waals surface area contributed by atoms with Crippen LogP contribution in [-0.4, -0.2) is 27.4 Å². The molecule has 0 saturated heterocycles. The van der Waals surface area contributed by atoms with Crippen molar-refractivity contribution in [2.45, 2.75) is 6.54 Å². The van der Waals surface area contributed by atoms with Crippen LogP contribution in [0.1, 0.15) is 11.1 Å². The minimum absolute atomic E-state index is 0.193. The van der Waals surface area contributed by atoms with Crippen molar-refractivity contribution >= 4 is 17.2 Å². The third kappa shape index (κ3) is 2.71. The van der Waals surface area contributed by atoms with Gasteiger partial charge in [0, 0.05) is 18.8 Å². The summed E-state index contributed by atoms with van der Waals surface area (Å²) in [6, 6.07) is 11.0. The molecule has 0 atom stereocenters. The molecular formula is C17H16N4O3. The number of hydrogen-bond donors (Lipinski definition) is 0. The smallest absolute Gasteiger partial charge is 0.332 e. The highest BCUT2D eigenvalue weighted by Crippen LogP contribution is 2.09. The summed E-state index contributed by atoms with van der Waals surface area (Å²) >= 11 is 0. The molecule has 0 unspecified atom stereocenters. The molecule has 0 aliphatic rings. The first-order chi connectivity index (χ1) is 11.6. The molecule has 0 N–H and O–H groups in total. The number of benzene rings is 1. The summed E-state index contributed by atoms with van der Waals surface area (Å²) in [7, 11) is 3.01. The zero-order valence-electron chi connectivity index (χ0n) is 13.3. The molecule has 0 amide bonds. The third-order valence-electron chi connectivity index (χ3n) is 3.74. The van der Waals surface area contributed by atoms with Crippen molar-refractivity contribution in [3.8, 4) is 0 Å². The Labute approximate surface area is 137 Å². The predicted octanol–water partition coefficient (Wildman–Crippen LogP) is 1.12. The van der Waals surface area contributed by atoms with Gasteiger partial charge in [-0.3, -0.25) is 13.9 Å². The zero-order chi connectivity index (χ0) is 17.1. The molecule has 7 nitrogen and oxygen atoms in total. The van der Waals surface area contributed by atoms with Crippen molar-refractivity contribution < 1.29 is 4.84 Å². The average Bonchev–Trinajstić information content (AvgIpc) is 2.62. The highest BCUT2D eigenvalue weighted by atomic mass is 16.6. The number of pyridine rings is 1. The molecule has 0 radical (unpaired) electrons. The van der Waals surface area contributed by atoms with Gasteiger partial charge in [0.05, 0.1) is 18.1 Å². The van der Waals surface area contributed by atoms with E-state index in [4.69, 9.17) is 0 Å². The minimum atomic E-state index is -0.412. The molecule has 122 valence electrons. The van der Waals surface area contributed by atoms with Crippen LogP contribution < -0.4 is 11.2 Å². The van der Waals surface area contributed by atoms with E-state index in [9.17, 15) is 9.59 Å². The van der Waals surface area contributed by atoms with Gasteiger partial charge < -0.3 is 4.84 Å². The summed E-state index contributed by atoms with van der Waals surface area (Å²) in [6.45, 7) is 0.193. The van der Waals surface area contributed by atoms with E-state index in [1.165, 1.54) is 28.7 Å². The second-order valence-corrected chi connectivity index (χ2v) is 5.23.